The molecule has 1 heterocycles. The van der Waals surface area contributed by atoms with E-state index in [2.05, 4.69) is 30.5 Å². The lowest BCUT2D eigenvalue weighted by Gasteiger charge is -2.36. The topological polar surface area (TPSA) is 3.24 Å². The fraction of sp³-hybridized carbons (Fsp3) is 0.750. The Morgan fingerprint density at radius 3 is 2.60 bits per heavy atom. The van der Waals surface area contributed by atoms with Crippen molar-refractivity contribution >= 4 is 11.9 Å². The van der Waals surface area contributed by atoms with E-state index < -0.39 is 0 Å². The van der Waals surface area contributed by atoms with E-state index in [-0.39, 0.29) is 0 Å². The van der Waals surface area contributed by atoms with Crippen LogP contribution >= 0.6 is 11.9 Å². The maximum atomic E-state index is 2.41. The van der Waals surface area contributed by atoms with Gasteiger partial charge in [-0.05, 0) is 32.6 Å². The Morgan fingerprint density at radius 1 is 1.60 bits per heavy atom. The van der Waals surface area contributed by atoms with E-state index in [4.69, 9.17) is 0 Å². The molecular weight excluding hydrogens is 142 g/mol. The van der Waals surface area contributed by atoms with Crippen LogP contribution in [0, 0.1) is 0 Å². The zero-order chi connectivity index (χ0) is 7.56. The van der Waals surface area contributed by atoms with E-state index in [1.807, 2.05) is 11.9 Å². The summed E-state index contributed by atoms with van der Waals surface area (Å²) in [5, 5.41) is 2.22. The summed E-state index contributed by atoms with van der Waals surface area (Å²) >= 11 is 1.85. The monoisotopic (exact) mass is 157 g/mol. The summed E-state index contributed by atoms with van der Waals surface area (Å²) in [6.45, 7) is 7.81. The Labute approximate surface area is 67.6 Å². The number of hydrogen-bond acceptors (Lipinski definition) is 2. The van der Waals surface area contributed by atoms with E-state index in [0.717, 1.165) is 6.04 Å². The molecule has 0 aromatic rings. The molecule has 0 aromatic heterocycles. The summed E-state index contributed by atoms with van der Waals surface area (Å²) in [6.07, 6.45) is 1.36. The van der Waals surface area contributed by atoms with Gasteiger partial charge in [-0.1, -0.05) is 17.5 Å². The summed E-state index contributed by atoms with van der Waals surface area (Å²) in [4.78, 5) is 0. The zero-order valence-corrected chi connectivity index (χ0v) is 7.74. The van der Waals surface area contributed by atoms with Crippen molar-refractivity contribution in [3.05, 3.63) is 11.0 Å². The standard InChI is InChI=1S/C8H15NS/c1-7(2)6-10-9-5-4-8(9)3/h6,8H,4-5H2,1-3H3. The minimum absolute atomic E-state index is 0.792. The van der Waals surface area contributed by atoms with Crippen LogP contribution in [-0.4, -0.2) is 16.9 Å². The summed E-state index contributed by atoms with van der Waals surface area (Å²) in [5.41, 5.74) is 1.39. The molecule has 10 heavy (non-hydrogen) atoms. The Kier molecular flexibility index (Phi) is 2.81. The molecule has 1 saturated heterocycles. The van der Waals surface area contributed by atoms with E-state index in [1.54, 1.807) is 0 Å². The molecule has 0 aromatic carbocycles. The third-order valence-corrected chi connectivity index (χ3v) is 3.07. The first-order chi connectivity index (χ1) is 4.70. The first-order valence-corrected chi connectivity index (χ1v) is 4.60. The molecule has 1 nitrogen and oxygen atoms in total. The summed E-state index contributed by atoms with van der Waals surface area (Å²) in [5.74, 6) is 0. The van der Waals surface area contributed by atoms with Crippen LogP contribution in [0.15, 0.2) is 11.0 Å². The van der Waals surface area contributed by atoms with E-state index in [9.17, 15) is 0 Å². The number of rotatable bonds is 2. The molecule has 0 spiro atoms. The average molecular weight is 157 g/mol. The van der Waals surface area contributed by atoms with Crippen molar-refractivity contribution in [2.24, 2.45) is 0 Å². The number of hydrogen-bond donors (Lipinski definition) is 0. The second-order valence-corrected chi connectivity index (χ2v) is 3.99. The fourth-order valence-corrected chi connectivity index (χ4v) is 1.69. The number of nitrogens with zero attached hydrogens (tertiary/aromatic N) is 1. The molecule has 0 bridgehead atoms. The van der Waals surface area contributed by atoms with Gasteiger partial charge < -0.3 is 0 Å². The lowest BCUT2D eigenvalue weighted by atomic mass is 10.1. The molecule has 1 aliphatic rings. The predicted octanol–water partition coefficient (Wildman–Crippen LogP) is 2.65. The fourth-order valence-electron chi connectivity index (χ4n) is 0.822. The highest BCUT2D eigenvalue weighted by Gasteiger charge is 2.22. The highest BCUT2D eigenvalue weighted by atomic mass is 32.2. The summed E-state index contributed by atoms with van der Waals surface area (Å²) < 4.78 is 2.41. The predicted molar refractivity (Wildman–Crippen MR) is 47.8 cm³/mol. The molecule has 58 valence electrons. The highest BCUT2D eigenvalue weighted by Crippen LogP contribution is 2.26. The molecule has 0 saturated carbocycles. The van der Waals surface area contributed by atoms with Crippen molar-refractivity contribution in [1.29, 1.82) is 0 Å². The van der Waals surface area contributed by atoms with Crippen LogP contribution in [0.1, 0.15) is 27.2 Å². The van der Waals surface area contributed by atoms with E-state index in [1.165, 1.54) is 18.5 Å². The van der Waals surface area contributed by atoms with E-state index >= 15 is 0 Å². The minimum atomic E-state index is 0.792. The van der Waals surface area contributed by atoms with Gasteiger partial charge in [0.2, 0.25) is 0 Å². The van der Waals surface area contributed by atoms with Crippen molar-refractivity contribution < 1.29 is 0 Å². The van der Waals surface area contributed by atoms with Crippen LogP contribution in [0.3, 0.4) is 0 Å². The zero-order valence-electron chi connectivity index (χ0n) is 6.92. The number of allylic oxidation sites excluding steroid dienone is 1. The Morgan fingerprint density at radius 2 is 2.30 bits per heavy atom. The van der Waals surface area contributed by atoms with Gasteiger partial charge in [0.15, 0.2) is 0 Å². The SMILES string of the molecule is CC(C)=CSN1CCC1C. The maximum Gasteiger partial charge on any atom is 0.0189 e. The maximum absolute atomic E-state index is 2.41. The molecule has 1 rings (SSSR count). The van der Waals surface area contributed by atoms with Crippen LogP contribution < -0.4 is 0 Å². The normalized spacial score (nSPS) is 25.7. The Bertz CT molecular complexity index is 138. The third-order valence-electron chi connectivity index (χ3n) is 1.68. The van der Waals surface area contributed by atoms with Gasteiger partial charge >= 0.3 is 0 Å². The van der Waals surface area contributed by atoms with Crippen LogP contribution in [0.5, 0.6) is 0 Å². The van der Waals surface area contributed by atoms with Gasteiger partial charge in [0.1, 0.15) is 0 Å². The first-order valence-electron chi connectivity index (χ1n) is 3.77. The smallest absolute Gasteiger partial charge is 0.0189 e. The lowest BCUT2D eigenvalue weighted by Crippen LogP contribution is -2.39. The van der Waals surface area contributed by atoms with E-state index in [0.29, 0.717) is 0 Å². The molecule has 0 radical (unpaired) electrons. The van der Waals surface area contributed by atoms with Gasteiger partial charge in [0, 0.05) is 12.6 Å². The molecule has 0 amide bonds. The van der Waals surface area contributed by atoms with Crippen molar-refractivity contribution in [1.82, 2.24) is 4.31 Å². The van der Waals surface area contributed by atoms with Crippen molar-refractivity contribution in [3.8, 4) is 0 Å². The van der Waals surface area contributed by atoms with Gasteiger partial charge in [-0.2, -0.15) is 0 Å². The van der Waals surface area contributed by atoms with Crippen LogP contribution in [-0.2, 0) is 0 Å². The van der Waals surface area contributed by atoms with Crippen molar-refractivity contribution in [2.75, 3.05) is 6.54 Å². The van der Waals surface area contributed by atoms with Gasteiger partial charge in [0.05, 0.1) is 0 Å². The second-order valence-electron chi connectivity index (χ2n) is 3.08. The molecular formula is C8H15NS. The molecule has 1 fully saturated rings. The molecule has 0 aliphatic carbocycles. The average Bonchev–Trinajstić information content (AvgIpc) is 1.84. The quantitative estimate of drug-likeness (QED) is 0.567. The largest absolute Gasteiger partial charge is 0.244 e. The van der Waals surface area contributed by atoms with Gasteiger partial charge in [-0.15, -0.1) is 0 Å². The lowest BCUT2D eigenvalue weighted by molar-refractivity contribution is 0.241. The van der Waals surface area contributed by atoms with Crippen LogP contribution in [0.2, 0.25) is 0 Å². The Hall–Kier alpha value is 0.0500. The van der Waals surface area contributed by atoms with Crippen molar-refractivity contribution in [2.45, 2.75) is 33.2 Å². The van der Waals surface area contributed by atoms with Crippen LogP contribution in [0.4, 0.5) is 0 Å². The van der Waals surface area contributed by atoms with Gasteiger partial charge in [0.25, 0.3) is 0 Å². The molecule has 0 N–H and O–H groups in total. The van der Waals surface area contributed by atoms with Crippen molar-refractivity contribution in [3.63, 3.8) is 0 Å². The Balaban J connectivity index is 2.20. The molecule has 1 unspecified atom stereocenters. The third kappa shape index (κ3) is 2.03. The molecule has 1 atom stereocenters. The summed E-state index contributed by atoms with van der Waals surface area (Å²) in [6, 6.07) is 0.792. The van der Waals surface area contributed by atoms with Gasteiger partial charge in [-0.25, -0.2) is 4.31 Å². The highest BCUT2D eigenvalue weighted by molar-refractivity contribution is 8.00. The van der Waals surface area contributed by atoms with Gasteiger partial charge in [-0.3, -0.25) is 0 Å². The minimum Gasteiger partial charge on any atom is -0.244 e. The molecule has 2 heteroatoms. The summed E-state index contributed by atoms with van der Waals surface area (Å²) in [7, 11) is 0. The second kappa shape index (κ2) is 3.44. The van der Waals surface area contributed by atoms with Crippen LogP contribution in [0.25, 0.3) is 0 Å². The molecule has 1 aliphatic heterocycles. The first kappa shape index (κ1) is 8.15.